The van der Waals surface area contributed by atoms with Crippen LogP contribution in [0, 0.1) is 0 Å². The smallest absolute Gasteiger partial charge is 0.366 e. The lowest BCUT2D eigenvalue weighted by molar-refractivity contribution is -0.137. The Morgan fingerprint density at radius 2 is 1.63 bits per heavy atom. The standard InChI is InChI=1S/C14H18F3NO/c1-7(2)10-5-9(14(15,16)17)6-11(13(18)19)12(10)8(3)4/h5-8H,1-4H3,(H2,18,19). The van der Waals surface area contributed by atoms with Crippen molar-refractivity contribution in [1.82, 2.24) is 0 Å². The molecule has 1 rings (SSSR count). The second-order valence-corrected chi connectivity index (χ2v) is 5.20. The Bertz CT molecular complexity index is 490. The van der Waals surface area contributed by atoms with E-state index in [9.17, 15) is 18.0 Å². The van der Waals surface area contributed by atoms with Crippen molar-refractivity contribution >= 4 is 5.91 Å². The molecule has 106 valence electrons. The molecule has 5 heteroatoms. The number of alkyl halides is 3. The number of amides is 1. The molecule has 0 saturated heterocycles. The molecule has 0 aliphatic heterocycles. The van der Waals surface area contributed by atoms with E-state index in [4.69, 9.17) is 5.73 Å². The minimum absolute atomic E-state index is 0.0338. The second kappa shape index (κ2) is 5.23. The molecule has 1 aromatic carbocycles. The zero-order valence-corrected chi connectivity index (χ0v) is 11.4. The molecule has 0 unspecified atom stereocenters. The highest BCUT2D eigenvalue weighted by Gasteiger charge is 2.33. The average Bonchev–Trinajstić information content (AvgIpc) is 2.25. The Kier molecular flexibility index (Phi) is 4.28. The normalized spacial score (nSPS) is 12.3. The van der Waals surface area contributed by atoms with E-state index in [2.05, 4.69) is 0 Å². The third kappa shape index (κ3) is 3.28. The molecule has 0 aromatic heterocycles. The highest BCUT2D eigenvalue weighted by molar-refractivity contribution is 5.95. The van der Waals surface area contributed by atoms with E-state index < -0.39 is 17.6 Å². The summed E-state index contributed by atoms with van der Waals surface area (Å²) < 4.78 is 38.6. The highest BCUT2D eigenvalue weighted by atomic mass is 19.4. The summed E-state index contributed by atoms with van der Waals surface area (Å²) in [5, 5.41) is 0. The van der Waals surface area contributed by atoms with Gasteiger partial charge in [-0.25, -0.2) is 0 Å². The van der Waals surface area contributed by atoms with Gasteiger partial charge in [-0.15, -0.1) is 0 Å². The number of rotatable bonds is 3. The first-order valence-electron chi connectivity index (χ1n) is 6.10. The molecule has 1 amide bonds. The molecule has 19 heavy (non-hydrogen) atoms. The molecule has 1 aromatic rings. The number of hydrogen-bond acceptors (Lipinski definition) is 1. The van der Waals surface area contributed by atoms with E-state index in [0.29, 0.717) is 11.1 Å². The molecule has 0 atom stereocenters. The first-order valence-corrected chi connectivity index (χ1v) is 6.10. The van der Waals surface area contributed by atoms with Gasteiger partial charge in [-0.1, -0.05) is 27.7 Å². The second-order valence-electron chi connectivity index (χ2n) is 5.20. The lowest BCUT2D eigenvalue weighted by Crippen LogP contribution is -2.19. The lowest BCUT2D eigenvalue weighted by atomic mass is 9.85. The van der Waals surface area contributed by atoms with Crippen LogP contribution in [0.1, 0.15) is 66.6 Å². The molecule has 0 aliphatic rings. The zero-order valence-electron chi connectivity index (χ0n) is 11.4. The van der Waals surface area contributed by atoms with E-state index >= 15 is 0 Å². The minimum Gasteiger partial charge on any atom is -0.366 e. The van der Waals surface area contributed by atoms with Crippen molar-refractivity contribution < 1.29 is 18.0 Å². The van der Waals surface area contributed by atoms with Crippen molar-refractivity contribution in [2.75, 3.05) is 0 Å². The van der Waals surface area contributed by atoms with Crippen LogP contribution in [0.3, 0.4) is 0 Å². The van der Waals surface area contributed by atoms with Crippen LogP contribution in [0.2, 0.25) is 0 Å². The number of nitrogens with two attached hydrogens (primary N) is 1. The van der Waals surface area contributed by atoms with Gasteiger partial charge in [-0.3, -0.25) is 4.79 Å². The zero-order chi connectivity index (χ0) is 15.0. The molecular formula is C14H18F3NO. The first-order chi connectivity index (χ1) is 8.55. The Morgan fingerprint density at radius 1 is 1.11 bits per heavy atom. The molecule has 0 saturated carbocycles. The quantitative estimate of drug-likeness (QED) is 0.887. The fourth-order valence-corrected chi connectivity index (χ4v) is 2.17. The predicted octanol–water partition coefficient (Wildman–Crippen LogP) is 4.05. The van der Waals surface area contributed by atoms with Crippen molar-refractivity contribution in [3.63, 3.8) is 0 Å². The van der Waals surface area contributed by atoms with Crippen LogP contribution in [0.5, 0.6) is 0 Å². The Morgan fingerprint density at radius 3 is 1.95 bits per heavy atom. The van der Waals surface area contributed by atoms with Crippen molar-refractivity contribution in [2.24, 2.45) is 5.73 Å². The maximum atomic E-state index is 12.9. The topological polar surface area (TPSA) is 43.1 Å². The first kappa shape index (κ1) is 15.5. The van der Waals surface area contributed by atoms with Gasteiger partial charge in [0, 0.05) is 5.56 Å². The van der Waals surface area contributed by atoms with E-state index in [1.807, 2.05) is 13.8 Å². The largest absolute Gasteiger partial charge is 0.416 e. The van der Waals surface area contributed by atoms with E-state index in [1.165, 1.54) is 0 Å². The lowest BCUT2D eigenvalue weighted by Gasteiger charge is -2.21. The molecule has 0 bridgehead atoms. The number of carbonyl (C=O) groups excluding carboxylic acids is 1. The Hall–Kier alpha value is -1.52. The summed E-state index contributed by atoms with van der Waals surface area (Å²) in [4.78, 5) is 11.4. The number of hydrogen-bond donors (Lipinski definition) is 1. The molecule has 0 heterocycles. The minimum atomic E-state index is -4.48. The van der Waals surface area contributed by atoms with Crippen LogP contribution in [0.25, 0.3) is 0 Å². The fourth-order valence-electron chi connectivity index (χ4n) is 2.17. The number of carbonyl (C=O) groups is 1. The van der Waals surface area contributed by atoms with Gasteiger partial charge in [-0.05, 0) is 35.1 Å². The fraction of sp³-hybridized carbons (Fsp3) is 0.500. The average molecular weight is 273 g/mol. The highest BCUT2D eigenvalue weighted by Crippen LogP contribution is 2.36. The maximum Gasteiger partial charge on any atom is 0.416 e. The van der Waals surface area contributed by atoms with Gasteiger partial charge in [0.15, 0.2) is 0 Å². The molecule has 2 nitrogen and oxygen atoms in total. The van der Waals surface area contributed by atoms with Gasteiger partial charge in [0.1, 0.15) is 0 Å². The van der Waals surface area contributed by atoms with Gasteiger partial charge >= 0.3 is 6.18 Å². The summed E-state index contributed by atoms with van der Waals surface area (Å²) >= 11 is 0. The maximum absolute atomic E-state index is 12.9. The van der Waals surface area contributed by atoms with Crippen LogP contribution in [0.4, 0.5) is 13.2 Å². The van der Waals surface area contributed by atoms with Gasteiger partial charge in [0.2, 0.25) is 5.91 Å². The summed E-state index contributed by atoms with van der Waals surface area (Å²) in [5.74, 6) is -1.00. The third-order valence-corrected chi connectivity index (χ3v) is 3.00. The van der Waals surface area contributed by atoms with Crippen LogP contribution < -0.4 is 5.73 Å². The number of halogens is 3. The van der Waals surface area contributed by atoms with Crippen LogP contribution in [-0.4, -0.2) is 5.91 Å². The van der Waals surface area contributed by atoms with Gasteiger partial charge in [0.25, 0.3) is 0 Å². The van der Waals surface area contributed by atoms with E-state index in [0.717, 1.165) is 12.1 Å². The molecule has 0 fully saturated rings. The van der Waals surface area contributed by atoms with Crippen LogP contribution in [0.15, 0.2) is 12.1 Å². The third-order valence-electron chi connectivity index (χ3n) is 3.00. The summed E-state index contributed by atoms with van der Waals surface area (Å²) in [6.45, 7) is 7.26. The van der Waals surface area contributed by atoms with Crippen molar-refractivity contribution in [3.8, 4) is 0 Å². The number of benzene rings is 1. The Balaban J connectivity index is 3.68. The molecule has 2 N–H and O–H groups in total. The molecular weight excluding hydrogens is 255 g/mol. The van der Waals surface area contributed by atoms with Gasteiger partial charge < -0.3 is 5.73 Å². The Labute approximate surface area is 110 Å². The molecule has 0 aliphatic carbocycles. The van der Waals surface area contributed by atoms with Crippen molar-refractivity contribution in [1.29, 1.82) is 0 Å². The van der Waals surface area contributed by atoms with E-state index in [-0.39, 0.29) is 17.4 Å². The summed E-state index contributed by atoms with van der Waals surface area (Å²) in [6.07, 6.45) is -4.48. The number of primary amides is 1. The summed E-state index contributed by atoms with van der Waals surface area (Å²) in [7, 11) is 0. The predicted molar refractivity (Wildman–Crippen MR) is 68.1 cm³/mol. The van der Waals surface area contributed by atoms with Crippen LogP contribution in [-0.2, 0) is 6.18 Å². The summed E-state index contributed by atoms with van der Waals surface area (Å²) in [6, 6.07) is 1.97. The summed E-state index contributed by atoms with van der Waals surface area (Å²) in [5.41, 5.74) is 5.50. The van der Waals surface area contributed by atoms with Crippen molar-refractivity contribution in [3.05, 3.63) is 34.4 Å². The monoisotopic (exact) mass is 273 g/mol. The van der Waals surface area contributed by atoms with Gasteiger partial charge in [0.05, 0.1) is 5.56 Å². The molecule has 0 radical (unpaired) electrons. The molecule has 0 spiro atoms. The van der Waals surface area contributed by atoms with Crippen LogP contribution >= 0.6 is 0 Å². The van der Waals surface area contributed by atoms with Gasteiger partial charge in [-0.2, -0.15) is 13.2 Å². The van der Waals surface area contributed by atoms with E-state index in [1.54, 1.807) is 13.8 Å². The van der Waals surface area contributed by atoms with Crippen molar-refractivity contribution in [2.45, 2.75) is 45.7 Å². The SMILES string of the molecule is CC(C)c1cc(C(F)(F)F)cc(C(N)=O)c1C(C)C.